The Balaban J connectivity index is 1.47. The van der Waals surface area contributed by atoms with E-state index in [0.29, 0.717) is 48.1 Å². The van der Waals surface area contributed by atoms with E-state index in [1.807, 2.05) is 6.92 Å². The summed E-state index contributed by atoms with van der Waals surface area (Å²) < 4.78 is 36.5. The number of nitrogens with zero attached hydrogens (tertiary/aromatic N) is 3. The number of amides is 2. The Kier molecular flexibility index (Phi) is 6.32. The van der Waals surface area contributed by atoms with Gasteiger partial charge in [0.15, 0.2) is 11.6 Å². The second-order valence-corrected chi connectivity index (χ2v) is 8.29. The van der Waals surface area contributed by atoms with Crippen LogP contribution in [0.3, 0.4) is 0 Å². The molecule has 0 spiro atoms. The van der Waals surface area contributed by atoms with Gasteiger partial charge in [-0.3, -0.25) is 5.32 Å². The normalized spacial score (nSPS) is 20.6. The molecule has 3 N–H and O–H groups in total. The number of aliphatic hydroxyl groups is 1. The minimum atomic E-state index is -3.00. The molecule has 2 amide bonds. The Bertz CT molecular complexity index is 1140. The van der Waals surface area contributed by atoms with Crippen LogP contribution in [0.25, 0.3) is 16.6 Å². The highest BCUT2D eigenvalue weighted by Crippen LogP contribution is 2.32. The van der Waals surface area contributed by atoms with Gasteiger partial charge >= 0.3 is 12.6 Å². The Morgan fingerprint density at radius 1 is 1.27 bits per heavy atom. The predicted octanol–water partition coefficient (Wildman–Crippen LogP) is 3.82. The second kappa shape index (κ2) is 9.18. The van der Waals surface area contributed by atoms with Gasteiger partial charge in [-0.25, -0.2) is 14.3 Å². The number of hydrogen-bond acceptors (Lipinski definition) is 6. The van der Waals surface area contributed by atoms with Gasteiger partial charge < -0.3 is 19.9 Å². The van der Waals surface area contributed by atoms with Gasteiger partial charge in [0.1, 0.15) is 0 Å². The fourth-order valence-corrected chi connectivity index (χ4v) is 3.88. The number of anilines is 1. The Hall–Kier alpha value is -3.47. The zero-order valence-corrected chi connectivity index (χ0v) is 18.2. The van der Waals surface area contributed by atoms with Crippen molar-refractivity contribution in [1.29, 1.82) is 0 Å². The zero-order chi connectivity index (χ0) is 23.6. The molecule has 1 aliphatic rings. The average molecular weight is 461 g/mol. The molecule has 11 heteroatoms. The number of carbonyl (C=O) groups excluding carboxylic acids is 1. The molecule has 0 aromatic carbocycles. The van der Waals surface area contributed by atoms with Gasteiger partial charge in [-0.2, -0.15) is 8.78 Å². The van der Waals surface area contributed by atoms with Crippen LogP contribution in [-0.2, 0) is 0 Å². The molecule has 0 atom stereocenters. The minimum Gasteiger partial charge on any atom is -0.478 e. The van der Waals surface area contributed by atoms with E-state index in [1.54, 1.807) is 28.9 Å². The first-order valence-corrected chi connectivity index (χ1v) is 10.5. The summed E-state index contributed by atoms with van der Waals surface area (Å²) in [4.78, 5) is 16.4. The molecule has 3 heterocycles. The van der Waals surface area contributed by atoms with Crippen LogP contribution in [0.1, 0.15) is 32.6 Å². The molecule has 0 unspecified atom stereocenters. The molecule has 0 bridgehead atoms. The molecule has 176 valence electrons. The summed E-state index contributed by atoms with van der Waals surface area (Å²) in [6.07, 6.45) is 5.88. The van der Waals surface area contributed by atoms with Crippen molar-refractivity contribution in [3.8, 4) is 22.8 Å². The van der Waals surface area contributed by atoms with E-state index in [9.17, 15) is 18.7 Å². The van der Waals surface area contributed by atoms with Gasteiger partial charge in [-0.05, 0) is 56.4 Å². The lowest BCUT2D eigenvalue weighted by atomic mass is 9.84. The summed E-state index contributed by atoms with van der Waals surface area (Å²) in [5.74, 6) is 0.159. The minimum absolute atomic E-state index is 0.00100. The van der Waals surface area contributed by atoms with E-state index in [2.05, 4.69) is 25.5 Å². The highest BCUT2D eigenvalue weighted by Gasteiger charge is 2.29. The van der Waals surface area contributed by atoms with Gasteiger partial charge in [-0.1, -0.05) is 0 Å². The third-order valence-electron chi connectivity index (χ3n) is 5.66. The monoisotopic (exact) mass is 461 g/mol. The molecule has 4 rings (SSSR count). The maximum atomic E-state index is 12.7. The predicted molar refractivity (Wildman–Crippen MR) is 117 cm³/mol. The number of aromatic nitrogens is 3. The first-order chi connectivity index (χ1) is 15.7. The van der Waals surface area contributed by atoms with E-state index in [1.165, 1.54) is 19.4 Å². The molecule has 0 saturated heterocycles. The molecule has 9 nitrogen and oxygen atoms in total. The molecule has 3 aromatic heterocycles. The molecule has 0 aliphatic heterocycles. The van der Waals surface area contributed by atoms with Crippen molar-refractivity contribution in [2.24, 2.45) is 0 Å². The van der Waals surface area contributed by atoms with Gasteiger partial charge in [0.25, 0.3) is 5.88 Å². The second-order valence-electron chi connectivity index (χ2n) is 8.29. The van der Waals surface area contributed by atoms with Crippen LogP contribution in [0, 0.1) is 0 Å². The van der Waals surface area contributed by atoms with E-state index in [0.717, 1.165) is 0 Å². The van der Waals surface area contributed by atoms with Crippen LogP contribution >= 0.6 is 0 Å². The molecular formula is C22H25F2N5O4. The number of ether oxygens (including phenoxy) is 2. The number of carbonyl (C=O) groups is 1. The van der Waals surface area contributed by atoms with Crippen LogP contribution in [0.2, 0.25) is 0 Å². The van der Waals surface area contributed by atoms with E-state index in [-0.39, 0.29) is 23.7 Å². The maximum Gasteiger partial charge on any atom is 0.387 e. The summed E-state index contributed by atoms with van der Waals surface area (Å²) >= 11 is 0. The van der Waals surface area contributed by atoms with Crippen LogP contribution in [0.5, 0.6) is 11.6 Å². The smallest absolute Gasteiger partial charge is 0.387 e. The maximum absolute atomic E-state index is 12.7. The Morgan fingerprint density at radius 3 is 2.73 bits per heavy atom. The van der Waals surface area contributed by atoms with E-state index < -0.39 is 12.2 Å². The van der Waals surface area contributed by atoms with Crippen LogP contribution in [0.4, 0.5) is 19.4 Å². The van der Waals surface area contributed by atoms with E-state index >= 15 is 0 Å². The lowest BCUT2D eigenvalue weighted by Gasteiger charge is -2.33. The summed E-state index contributed by atoms with van der Waals surface area (Å²) in [6, 6.07) is 6.29. The number of pyridine rings is 2. The summed E-state index contributed by atoms with van der Waals surface area (Å²) in [5, 5.41) is 20.0. The van der Waals surface area contributed by atoms with Crippen molar-refractivity contribution in [1.82, 2.24) is 19.9 Å². The number of nitrogens with one attached hydrogen (secondary N) is 2. The van der Waals surface area contributed by atoms with E-state index in [4.69, 9.17) is 4.74 Å². The van der Waals surface area contributed by atoms with Crippen LogP contribution in [0.15, 0.2) is 36.7 Å². The number of methoxy groups -OCH3 is 1. The molecule has 33 heavy (non-hydrogen) atoms. The van der Waals surface area contributed by atoms with Gasteiger partial charge in [0.2, 0.25) is 0 Å². The van der Waals surface area contributed by atoms with Crippen LogP contribution in [-0.4, -0.2) is 51.1 Å². The third kappa shape index (κ3) is 5.48. The van der Waals surface area contributed by atoms with Gasteiger partial charge in [0.05, 0.1) is 18.2 Å². The number of rotatable bonds is 6. The van der Waals surface area contributed by atoms with Crippen molar-refractivity contribution >= 4 is 17.4 Å². The Labute approximate surface area is 188 Å². The molecule has 1 aliphatic carbocycles. The number of alkyl halides is 2. The number of hydrogen-bond donors (Lipinski definition) is 3. The third-order valence-corrected chi connectivity index (χ3v) is 5.66. The van der Waals surface area contributed by atoms with Crippen molar-refractivity contribution in [3.63, 3.8) is 0 Å². The first kappa shape index (κ1) is 22.7. The molecular weight excluding hydrogens is 436 g/mol. The fraction of sp³-hybridized carbons (Fsp3) is 0.409. The van der Waals surface area contributed by atoms with Crippen LogP contribution < -0.4 is 20.1 Å². The van der Waals surface area contributed by atoms with Gasteiger partial charge in [-0.15, -0.1) is 5.10 Å². The number of halogens is 2. The van der Waals surface area contributed by atoms with Crippen molar-refractivity contribution < 1.29 is 28.2 Å². The molecule has 1 saturated carbocycles. The number of urea groups is 1. The largest absolute Gasteiger partial charge is 0.478 e. The lowest BCUT2D eigenvalue weighted by molar-refractivity contribution is -0.0515. The molecule has 3 aromatic rings. The zero-order valence-electron chi connectivity index (χ0n) is 18.2. The quantitative estimate of drug-likeness (QED) is 0.515. The topological polar surface area (TPSA) is 110 Å². The SMILES string of the molecule is COc1ncc(-c2ccn3nc(NC(=O)NC4CCC(C)(O)CC4)cc3c2)cc1OC(F)F. The summed E-state index contributed by atoms with van der Waals surface area (Å²) in [6.45, 7) is -1.20. The lowest BCUT2D eigenvalue weighted by Crippen LogP contribution is -2.43. The standard InChI is InChI=1S/C22H25F2N5O4/c1-22(31)6-3-15(4-7-22)26-21(30)27-18-11-16-9-13(5-8-29(16)28-18)14-10-17(33-20(23)24)19(32-2)25-12-14/h5,8-12,15,20,31H,3-4,6-7H2,1-2H3,(H2,26,27,28,30). The van der Waals surface area contributed by atoms with Crippen molar-refractivity contribution in [2.75, 3.05) is 12.4 Å². The first-order valence-electron chi connectivity index (χ1n) is 10.5. The highest BCUT2D eigenvalue weighted by molar-refractivity contribution is 5.89. The van der Waals surface area contributed by atoms with Gasteiger partial charge in [0, 0.05) is 30.1 Å². The summed E-state index contributed by atoms with van der Waals surface area (Å²) in [7, 11) is 1.32. The molecule has 0 radical (unpaired) electrons. The van der Waals surface area contributed by atoms with Crippen molar-refractivity contribution in [2.45, 2.75) is 50.9 Å². The van der Waals surface area contributed by atoms with Crippen molar-refractivity contribution in [3.05, 3.63) is 36.7 Å². The average Bonchev–Trinajstić information content (AvgIpc) is 3.16. The summed E-state index contributed by atoms with van der Waals surface area (Å²) in [5.41, 5.74) is 1.26. The Morgan fingerprint density at radius 2 is 2.03 bits per heavy atom. The highest BCUT2D eigenvalue weighted by atomic mass is 19.3. The fourth-order valence-electron chi connectivity index (χ4n) is 3.88. The molecule has 1 fully saturated rings. The number of fused-ring (bicyclic) bond motifs is 1.